The molecule has 1 aromatic rings. The number of methoxy groups -OCH3 is 1. The molecule has 2 amide bonds. The van der Waals surface area contributed by atoms with E-state index < -0.39 is 23.7 Å². The Morgan fingerprint density at radius 1 is 1.50 bits per heavy atom. The number of primary amides is 1. The minimum Gasteiger partial charge on any atom is -0.367 e. The molecule has 0 radical (unpaired) electrons. The van der Waals surface area contributed by atoms with Crippen LogP contribution in [-0.4, -0.2) is 25.0 Å². The fourth-order valence-corrected chi connectivity index (χ4v) is 1.29. The van der Waals surface area contributed by atoms with Crippen molar-refractivity contribution in [2.75, 3.05) is 12.4 Å². The van der Waals surface area contributed by atoms with Crippen LogP contribution in [0.3, 0.4) is 0 Å². The van der Waals surface area contributed by atoms with Crippen molar-refractivity contribution in [1.29, 1.82) is 5.26 Å². The largest absolute Gasteiger partial charge is 0.367 e. The van der Waals surface area contributed by atoms with E-state index in [9.17, 15) is 14.0 Å². The number of ether oxygens (including phenoxy) is 1. The summed E-state index contributed by atoms with van der Waals surface area (Å²) in [6.45, 7) is 0. The maximum Gasteiger partial charge on any atom is 0.263 e. The summed E-state index contributed by atoms with van der Waals surface area (Å²) in [4.78, 5) is 22.4. The molecule has 3 N–H and O–H groups in total. The van der Waals surface area contributed by atoms with Crippen molar-refractivity contribution < 1.29 is 18.7 Å². The lowest BCUT2D eigenvalue weighted by atomic mass is 10.2. The zero-order valence-corrected chi connectivity index (χ0v) is 9.44. The third-order valence-corrected chi connectivity index (χ3v) is 2.03. The van der Waals surface area contributed by atoms with Crippen LogP contribution in [-0.2, 0) is 14.3 Å². The molecule has 1 rings (SSSR count). The second-order valence-corrected chi connectivity index (χ2v) is 3.35. The average Bonchev–Trinajstić information content (AvgIpc) is 2.28. The molecule has 0 aliphatic heterocycles. The standard InChI is InChI=1S/C11H10FN3O3/c1-18-9(10(14)16)11(17)15-8-3-6(5-13)2-7(12)4-8/h2-4,9H,1H3,(H2,14,16)(H,15,17). The molecule has 1 unspecified atom stereocenters. The number of carbonyl (C=O) groups excluding carboxylic acids is 2. The quantitative estimate of drug-likeness (QED) is 0.742. The SMILES string of the molecule is COC(C(N)=O)C(=O)Nc1cc(F)cc(C#N)c1. The Kier molecular flexibility index (Phi) is 4.34. The van der Waals surface area contributed by atoms with Gasteiger partial charge in [0.15, 0.2) is 0 Å². The summed E-state index contributed by atoms with van der Waals surface area (Å²) in [7, 11) is 1.14. The molecule has 0 heterocycles. The highest BCUT2D eigenvalue weighted by Gasteiger charge is 2.23. The number of amides is 2. The van der Waals surface area contributed by atoms with Crippen molar-refractivity contribution in [3.8, 4) is 6.07 Å². The highest BCUT2D eigenvalue weighted by molar-refractivity contribution is 6.08. The third-order valence-electron chi connectivity index (χ3n) is 2.03. The number of hydrogen-bond donors (Lipinski definition) is 2. The number of nitrogens with one attached hydrogen (secondary N) is 1. The van der Waals surface area contributed by atoms with Crippen LogP contribution in [0.5, 0.6) is 0 Å². The van der Waals surface area contributed by atoms with Crippen molar-refractivity contribution in [3.63, 3.8) is 0 Å². The predicted octanol–water partition coefficient (Wildman–Crippen LogP) is 0.136. The Morgan fingerprint density at radius 3 is 2.67 bits per heavy atom. The van der Waals surface area contributed by atoms with Crippen molar-refractivity contribution in [2.45, 2.75) is 6.10 Å². The lowest BCUT2D eigenvalue weighted by molar-refractivity contribution is -0.138. The van der Waals surface area contributed by atoms with Gasteiger partial charge in [-0.3, -0.25) is 9.59 Å². The zero-order valence-electron chi connectivity index (χ0n) is 9.44. The maximum absolute atomic E-state index is 13.1. The van der Waals surface area contributed by atoms with Gasteiger partial charge in [0.25, 0.3) is 11.8 Å². The third kappa shape index (κ3) is 3.26. The zero-order chi connectivity index (χ0) is 13.7. The molecule has 18 heavy (non-hydrogen) atoms. The smallest absolute Gasteiger partial charge is 0.263 e. The van der Waals surface area contributed by atoms with Gasteiger partial charge in [-0.2, -0.15) is 5.26 Å². The Bertz CT molecular complexity index is 525. The summed E-state index contributed by atoms with van der Waals surface area (Å²) < 4.78 is 17.7. The molecular weight excluding hydrogens is 241 g/mol. The van der Waals surface area contributed by atoms with Crippen molar-refractivity contribution in [2.24, 2.45) is 5.73 Å². The van der Waals surface area contributed by atoms with E-state index >= 15 is 0 Å². The average molecular weight is 251 g/mol. The molecule has 1 atom stereocenters. The normalized spacial score (nSPS) is 11.4. The summed E-state index contributed by atoms with van der Waals surface area (Å²) in [6, 6.07) is 5.01. The van der Waals surface area contributed by atoms with Gasteiger partial charge in [-0.05, 0) is 18.2 Å². The Hall–Kier alpha value is -2.46. The van der Waals surface area contributed by atoms with Crippen LogP contribution in [0.2, 0.25) is 0 Å². The Balaban J connectivity index is 2.91. The van der Waals surface area contributed by atoms with Gasteiger partial charge in [-0.25, -0.2) is 4.39 Å². The van der Waals surface area contributed by atoms with Gasteiger partial charge in [-0.1, -0.05) is 0 Å². The topological polar surface area (TPSA) is 105 Å². The van der Waals surface area contributed by atoms with Gasteiger partial charge >= 0.3 is 0 Å². The molecule has 7 heteroatoms. The van der Waals surface area contributed by atoms with Crippen LogP contribution >= 0.6 is 0 Å². The van der Waals surface area contributed by atoms with Crippen LogP contribution in [0.4, 0.5) is 10.1 Å². The van der Waals surface area contributed by atoms with Gasteiger partial charge in [-0.15, -0.1) is 0 Å². The fourth-order valence-electron chi connectivity index (χ4n) is 1.29. The number of rotatable bonds is 4. The summed E-state index contributed by atoms with van der Waals surface area (Å²) in [6.07, 6.45) is -1.47. The first kappa shape index (κ1) is 13.6. The summed E-state index contributed by atoms with van der Waals surface area (Å²) >= 11 is 0. The van der Waals surface area contributed by atoms with E-state index in [0.29, 0.717) is 0 Å². The molecule has 0 bridgehead atoms. The molecule has 1 aromatic carbocycles. The lowest BCUT2D eigenvalue weighted by Gasteiger charge is -2.12. The molecule has 0 aliphatic carbocycles. The van der Waals surface area contributed by atoms with E-state index in [1.54, 1.807) is 6.07 Å². The molecule has 6 nitrogen and oxygen atoms in total. The van der Waals surface area contributed by atoms with Gasteiger partial charge in [0.1, 0.15) is 5.82 Å². The number of carbonyl (C=O) groups is 2. The Morgan fingerprint density at radius 2 is 2.17 bits per heavy atom. The first-order chi connectivity index (χ1) is 8.47. The minimum atomic E-state index is -1.47. The summed E-state index contributed by atoms with van der Waals surface area (Å²) in [5, 5.41) is 10.9. The molecule has 0 saturated heterocycles. The van der Waals surface area contributed by atoms with Crippen LogP contribution < -0.4 is 11.1 Å². The van der Waals surface area contributed by atoms with E-state index in [2.05, 4.69) is 10.1 Å². The fraction of sp³-hybridized carbons (Fsp3) is 0.182. The molecule has 0 aromatic heterocycles. The summed E-state index contributed by atoms with van der Waals surface area (Å²) in [5.41, 5.74) is 5.02. The lowest BCUT2D eigenvalue weighted by Crippen LogP contribution is -2.40. The van der Waals surface area contributed by atoms with Crippen LogP contribution in [0.1, 0.15) is 5.56 Å². The number of anilines is 1. The molecule has 0 aliphatic rings. The van der Waals surface area contributed by atoms with E-state index in [-0.39, 0.29) is 11.3 Å². The van der Waals surface area contributed by atoms with Crippen molar-refractivity contribution in [1.82, 2.24) is 0 Å². The van der Waals surface area contributed by atoms with E-state index in [1.807, 2.05) is 0 Å². The summed E-state index contributed by atoms with van der Waals surface area (Å²) in [5.74, 6) is -2.48. The second kappa shape index (κ2) is 5.75. The van der Waals surface area contributed by atoms with E-state index in [0.717, 1.165) is 19.2 Å². The van der Waals surface area contributed by atoms with Gasteiger partial charge in [0, 0.05) is 12.8 Å². The number of nitrogens with two attached hydrogens (primary N) is 1. The monoisotopic (exact) mass is 251 g/mol. The van der Waals surface area contributed by atoms with Gasteiger partial charge < -0.3 is 15.8 Å². The number of hydrogen-bond acceptors (Lipinski definition) is 4. The highest BCUT2D eigenvalue weighted by atomic mass is 19.1. The number of nitrogens with zero attached hydrogens (tertiary/aromatic N) is 1. The number of benzene rings is 1. The van der Waals surface area contributed by atoms with Crippen molar-refractivity contribution in [3.05, 3.63) is 29.6 Å². The van der Waals surface area contributed by atoms with Crippen molar-refractivity contribution >= 4 is 17.5 Å². The van der Waals surface area contributed by atoms with Gasteiger partial charge in [0.2, 0.25) is 6.10 Å². The maximum atomic E-state index is 13.1. The first-order valence-corrected chi connectivity index (χ1v) is 4.81. The van der Waals surface area contributed by atoms with E-state index in [4.69, 9.17) is 11.0 Å². The van der Waals surface area contributed by atoms with E-state index in [1.165, 1.54) is 6.07 Å². The van der Waals surface area contributed by atoms with Crippen LogP contribution in [0.15, 0.2) is 18.2 Å². The Labute approximate surface area is 102 Å². The number of halogens is 1. The van der Waals surface area contributed by atoms with Crippen LogP contribution in [0.25, 0.3) is 0 Å². The molecule has 0 fully saturated rings. The van der Waals surface area contributed by atoms with Crippen LogP contribution in [0, 0.1) is 17.1 Å². The van der Waals surface area contributed by atoms with Gasteiger partial charge in [0.05, 0.1) is 11.6 Å². The second-order valence-electron chi connectivity index (χ2n) is 3.35. The molecule has 94 valence electrons. The molecular formula is C11H10FN3O3. The predicted molar refractivity (Wildman–Crippen MR) is 59.7 cm³/mol. The number of nitriles is 1. The molecule has 0 spiro atoms. The molecule has 0 saturated carbocycles. The highest BCUT2D eigenvalue weighted by Crippen LogP contribution is 2.13. The first-order valence-electron chi connectivity index (χ1n) is 4.81. The minimum absolute atomic E-state index is 0.0401.